The van der Waals surface area contributed by atoms with Gasteiger partial charge in [0.05, 0.1) is 23.0 Å². The molecule has 2 aromatic rings. The average Bonchev–Trinajstić information content (AvgIpc) is 2.91. The number of carbonyl (C=O) groups excluding carboxylic acids is 1. The first-order chi connectivity index (χ1) is 12.7. The molecule has 7 heteroatoms. The normalized spacial score (nSPS) is 16.4. The molecule has 3 rings (SSSR count). The van der Waals surface area contributed by atoms with E-state index in [-0.39, 0.29) is 11.8 Å². The summed E-state index contributed by atoms with van der Waals surface area (Å²) in [6, 6.07) is 6.25. The molecule has 6 nitrogen and oxygen atoms in total. The molecule has 2 N–H and O–H groups in total. The molecular formula is C20H24FN3O3. The Morgan fingerprint density at radius 3 is 2.63 bits per heavy atom. The van der Waals surface area contributed by atoms with E-state index in [1.54, 1.807) is 51.1 Å². The maximum atomic E-state index is 13.0. The average molecular weight is 373 g/mol. The summed E-state index contributed by atoms with van der Waals surface area (Å²) >= 11 is 0. The first-order valence-corrected chi connectivity index (χ1v) is 8.84. The van der Waals surface area contributed by atoms with Crippen LogP contribution in [0.1, 0.15) is 43.8 Å². The number of aliphatic hydroxyl groups excluding tert-OH is 1. The quantitative estimate of drug-likeness (QED) is 0.803. The van der Waals surface area contributed by atoms with Crippen molar-refractivity contribution in [2.75, 3.05) is 6.54 Å². The fourth-order valence-corrected chi connectivity index (χ4v) is 2.78. The Morgan fingerprint density at radius 2 is 2.00 bits per heavy atom. The summed E-state index contributed by atoms with van der Waals surface area (Å²) in [5.41, 5.74) is 1.37. The van der Waals surface area contributed by atoms with Crippen molar-refractivity contribution in [3.63, 3.8) is 0 Å². The fraction of sp³-hybridized carbons (Fsp3) is 0.400. The molecule has 144 valence electrons. The van der Waals surface area contributed by atoms with Gasteiger partial charge in [-0.25, -0.2) is 9.38 Å². The van der Waals surface area contributed by atoms with Gasteiger partial charge in [-0.2, -0.15) is 0 Å². The van der Waals surface area contributed by atoms with Crippen molar-refractivity contribution in [2.24, 2.45) is 10.4 Å². The van der Waals surface area contributed by atoms with E-state index >= 15 is 0 Å². The predicted molar refractivity (Wildman–Crippen MR) is 101 cm³/mol. The minimum absolute atomic E-state index is 0.281. The molecule has 1 atom stereocenters. The number of hydrogen-bond acceptors (Lipinski definition) is 5. The third kappa shape index (κ3) is 4.03. The second-order valence-electron chi connectivity index (χ2n) is 7.71. The van der Waals surface area contributed by atoms with E-state index in [1.807, 2.05) is 0 Å². The summed E-state index contributed by atoms with van der Waals surface area (Å²) in [4.78, 5) is 21.3. The molecule has 1 unspecified atom stereocenters. The van der Waals surface area contributed by atoms with Crippen LogP contribution < -0.4 is 4.74 Å². The van der Waals surface area contributed by atoms with Gasteiger partial charge in [0.2, 0.25) is 0 Å². The van der Waals surface area contributed by atoms with Crippen molar-refractivity contribution < 1.29 is 19.0 Å². The molecule has 1 aromatic heterocycles. The van der Waals surface area contributed by atoms with E-state index < -0.39 is 11.6 Å². The van der Waals surface area contributed by atoms with Gasteiger partial charge in [0.1, 0.15) is 11.6 Å². The number of nitrogens with one attached hydrogen (secondary N) is 1. The second-order valence-corrected chi connectivity index (χ2v) is 7.71. The Morgan fingerprint density at radius 1 is 1.33 bits per heavy atom. The number of fused-ring (bicyclic) bond motifs is 1. The number of ether oxygens (including phenoxy) is 1. The molecule has 1 aromatic carbocycles. The number of aromatic nitrogens is 1. The SMILES string of the molecule is Cc1[nH]c2c(c1OC(=O)C(C)(C)C)C(O)N(CCc1ccc(F)cc1)C=N2. The van der Waals surface area contributed by atoms with E-state index in [4.69, 9.17) is 4.74 Å². The first-order valence-electron chi connectivity index (χ1n) is 8.84. The highest BCUT2D eigenvalue weighted by Crippen LogP contribution is 2.41. The summed E-state index contributed by atoms with van der Waals surface area (Å²) in [7, 11) is 0. The summed E-state index contributed by atoms with van der Waals surface area (Å²) < 4.78 is 18.6. The van der Waals surface area contributed by atoms with E-state index in [1.165, 1.54) is 12.1 Å². The highest BCUT2D eigenvalue weighted by molar-refractivity contribution is 5.80. The highest BCUT2D eigenvalue weighted by Gasteiger charge is 2.33. The Labute approximate surface area is 157 Å². The van der Waals surface area contributed by atoms with Crippen LogP contribution in [-0.2, 0) is 11.2 Å². The number of halogens is 1. The maximum Gasteiger partial charge on any atom is 0.316 e. The topological polar surface area (TPSA) is 77.9 Å². The van der Waals surface area contributed by atoms with Crippen LogP contribution in [0, 0.1) is 18.2 Å². The smallest absolute Gasteiger partial charge is 0.316 e. The van der Waals surface area contributed by atoms with Gasteiger partial charge in [0.25, 0.3) is 0 Å². The molecule has 0 amide bonds. The Kier molecular flexibility index (Phi) is 5.06. The van der Waals surface area contributed by atoms with Gasteiger partial charge < -0.3 is 19.7 Å². The number of aliphatic hydroxyl groups is 1. The Balaban J connectivity index is 1.78. The number of aryl methyl sites for hydroxylation is 1. The molecular weight excluding hydrogens is 349 g/mol. The third-order valence-electron chi connectivity index (χ3n) is 4.43. The minimum Gasteiger partial charge on any atom is -0.424 e. The van der Waals surface area contributed by atoms with Crippen LogP contribution in [-0.4, -0.2) is 33.8 Å². The lowest BCUT2D eigenvalue weighted by atomic mass is 9.97. The molecule has 0 saturated carbocycles. The van der Waals surface area contributed by atoms with Crippen molar-refractivity contribution in [1.29, 1.82) is 0 Å². The zero-order valence-corrected chi connectivity index (χ0v) is 15.9. The van der Waals surface area contributed by atoms with Crippen molar-refractivity contribution in [2.45, 2.75) is 40.3 Å². The Bertz CT molecular complexity index is 866. The summed E-state index contributed by atoms with van der Waals surface area (Å²) in [6.07, 6.45) is 1.17. The Hall–Kier alpha value is -2.67. The number of aliphatic imine (C=N–C) groups is 1. The summed E-state index contributed by atoms with van der Waals surface area (Å²) in [5, 5.41) is 10.8. The van der Waals surface area contributed by atoms with Gasteiger partial charge in [0.15, 0.2) is 12.0 Å². The molecule has 0 fully saturated rings. The number of nitrogens with zero attached hydrogens (tertiary/aromatic N) is 2. The molecule has 0 aliphatic carbocycles. The lowest BCUT2D eigenvalue weighted by Crippen LogP contribution is -2.32. The van der Waals surface area contributed by atoms with Gasteiger partial charge in [-0.1, -0.05) is 12.1 Å². The first kappa shape index (κ1) is 19.1. The standard InChI is InChI=1S/C20H24FN3O3/c1-12-16(27-19(26)20(2,3)4)15-17(23-12)22-11-24(18(15)25)10-9-13-5-7-14(21)8-6-13/h5-8,11,18,23,25H,9-10H2,1-4H3. The predicted octanol–water partition coefficient (Wildman–Crippen LogP) is 3.62. The number of H-pyrrole nitrogens is 1. The minimum atomic E-state index is -0.995. The third-order valence-corrected chi connectivity index (χ3v) is 4.43. The maximum absolute atomic E-state index is 13.0. The van der Waals surface area contributed by atoms with Crippen LogP contribution >= 0.6 is 0 Å². The number of benzene rings is 1. The zero-order chi connectivity index (χ0) is 19.8. The largest absolute Gasteiger partial charge is 0.424 e. The van der Waals surface area contributed by atoms with E-state index in [0.29, 0.717) is 35.8 Å². The van der Waals surface area contributed by atoms with Crippen LogP contribution in [0.15, 0.2) is 29.3 Å². The fourth-order valence-electron chi connectivity index (χ4n) is 2.78. The summed E-state index contributed by atoms with van der Waals surface area (Å²) in [5.74, 6) is 0.138. The van der Waals surface area contributed by atoms with E-state index in [9.17, 15) is 14.3 Å². The van der Waals surface area contributed by atoms with Crippen LogP contribution in [0.4, 0.5) is 10.2 Å². The molecule has 1 aliphatic rings. The number of carbonyl (C=O) groups is 1. The van der Waals surface area contributed by atoms with Crippen molar-refractivity contribution in [1.82, 2.24) is 9.88 Å². The second kappa shape index (κ2) is 7.15. The van der Waals surface area contributed by atoms with Crippen molar-refractivity contribution in [3.05, 3.63) is 46.9 Å². The molecule has 2 heterocycles. The lowest BCUT2D eigenvalue weighted by molar-refractivity contribution is -0.143. The van der Waals surface area contributed by atoms with Crippen LogP contribution in [0.2, 0.25) is 0 Å². The number of rotatable bonds is 4. The van der Waals surface area contributed by atoms with Crippen LogP contribution in [0.5, 0.6) is 5.75 Å². The van der Waals surface area contributed by atoms with Crippen molar-refractivity contribution in [3.8, 4) is 5.75 Å². The molecule has 0 saturated heterocycles. The van der Waals surface area contributed by atoms with Gasteiger partial charge in [-0.05, 0) is 51.8 Å². The number of aromatic amines is 1. The van der Waals surface area contributed by atoms with E-state index in [0.717, 1.165) is 5.56 Å². The molecule has 0 spiro atoms. The molecule has 0 radical (unpaired) electrons. The van der Waals surface area contributed by atoms with E-state index in [2.05, 4.69) is 9.98 Å². The van der Waals surface area contributed by atoms with Crippen molar-refractivity contribution >= 4 is 18.1 Å². The number of esters is 1. The summed E-state index contributed by atoms with van der Waals surface area (Å²) in [6.45, 7) is 7.56. The van der Waals surface area contributed by atoms with Gasteiger partial charge in [0, 0.05) is 6.54 Å². The zero-order valence-electron chi connectivity index (χ0n) is 15.9. The molecule has 1 aliphatic heterocycles. The van der Waals surface area contributed by atoms with Gasteiger partial charge >= 0.3 is 5.97 Å². The number of hydrogen-bond donors (Lipinski definition) is 2. The molecule has 0 bridgehead atoms. The highest BCUT2D eigenvalue weighted by atomic mass is 19.1. The van der Waals surface area contributed by atoms with Gasteiger partial charge in [-0.15, -0.1) is 0 Å². The monoisotopic (exact) mass is 373 g/mol. The van der Waals surface area contributed by atoms with Gasteiger partial charge in [-0.3, -0.25) is 4.79 Å². The van der Waals surface area contributed by atoms with Crippen LogP contribution in [0.3, 0.4) is 0 Å². The van der Waals surface area contributed by atoms with Crippen LogP contribution in [0.25, 0.3) is 0 Å². The lowest BCUT2D eigenvalue weighted by Gasteiger charge is -2.29. The molecule has 27 heavy (non-hydrogen) atoms.